The number of carbonyl (C=O) groups excluding carboxylic acids is 1. The number of rotatable bonds is 4. The van der Waals surface area contributed by atoms with E-state index in [0.717, 1.165) is 35.9 Å². The molecule has 1 amide bonds. The van der Waals surface area contributed by atoms with Crippen molar-refractivity contribution in [3.63, 3.8) is 0 Å². The van der Waals surface area contributed by atoms with Gasteiger partial charge in [-0.15, -0.1) is 0 Å². The van der Waals surface area contributed by atoms with Crippen LogP contribution in [0.25, 0.3) is 11.3 Å². The first-order valence-electron chi connectivity index (χ1n) is 7.83. The van der Waals surface area contributed by atoms with Gasteiger partial charge >= 0.3 is 0 Å². The van der Waals surface area contributed by atoms with Crippen LogP contribution in [0.2, 0.25) is 5.02 Å². The maximum Gasteiger partial charge on any atom is 0.233 e. The largest absolute Gasteiger partial charge is 0.342 e. The number of carbonyl (C=O) groups is 1. The van der Waals surface area contributed by atoms with Gasteiger partial charge in [0.05, 0.1) is 17.6 Å². The third-order valence-corrected chi connectivity index (χ3v) is 5.17. The number of benzene rings is 1. The predicted molar refractivity (Wildman–Crippen MR) is 94.7 cm³/mol. The molecule has 0 radical (unpaired) electrons. The van der Waals surface area contributed by atoms with Crippen LogP contribution in [0.4, 0.5) is 0 Å². The van der Waals surface area contributed by atoms with Crippen molar-refractivity contribution in [1.82, 2.24) is 14.9 Å². The fraction of sp³-hybridized carbons (Fsp3) is 0.412. The molecule has 0 aliphatic carbocycles. The summed E-state index contributed by atoms with van der Waals surface area (Å²) >= 11 is 7.36. The molecule has 1 aliphatic rings. The third-order valence-electron chi connectivity index (χ3n) is 4.05. The van der Waals surface area contributed by atoms with Crippen LogP contribution in [0.15, 0.2) is 35.6 Å². The number of nitrogens with zero attached hydrogens (tertiary/aromatic N) is 2. The number of hydrogen-bond acceptors (Lipinski definition) is 3. The monoisotopic (exact) mass is 349 g/mol. The number of halogens is 1. The topological polar surface area (TPSA) is 49.0 Å². The first-order valence-corrected chi connectivity index (χ1v) is 9.19. The van der Waals surface area contributed by atoms with Crippen molar-refractivity contribution in [2.45, 2.75) is 24.9 Å². The summed E-state index contributed by atoms with van der Waals surface area (Å²) in [4.78, 5) is 21.9. The molecule has 0 saturated carbocycles. The van der Waals surface area contributed by atoms with E-state index in [4.69, 9.17) is 11.6 Å². The number of aromatic amines is 1. The van der Waals surface area contributed by atoms with Gasteiger partial charge in [-0.1, -0.05) is 42.4 Å². The number of imidazole rings is 1. The molecule has 0 unspecified atom stereocenters. The Bertz CT molecular complexity index is 671. The van der Waals surface area contributed by atoms with Crippen LogP contribution < -0.4 is 0 Å². The lowest BCUT2D eigenvalue weighted by molar-refractivity contribution is -0.130. The van der Waals surface area contributed by atoms with Crippen LogP contribution in [0, 0.1) is 5.92 Å². The molecule has 3 rings (SSSR count). The third kappa shape index (κ3) is 4.30. The summed E-state index contributed by atoms with van der Waals surface area (Å²) in [7, 11) is 0. The number of aromatic nitrogens is 2. The zero-order valence-corrected chi connectivity index (χ0v) is 14.7. The standard InChI is InChI=1S/C17H20ClN3OS/c1-12-3-2-8-21(10-12)16(22)11-23-17-19-9-15(20-17)13-4-6-14(18)7-5-13/h4-7,9,12H,2-3,8,10-11H2,1H3,(H,19,20)/t12-/m0/s1. The molecule has 6 heteroatoms. The second kappa shape index (κ2) is 7.41. The number of piperidine rings is 1. The summed E-state index contributed by atoms with van der Waals surface area (Å²) in [6.45, 7) is 3.98. The van der Waals surface area contributed by atoms with E-state index in [1.807, 2.05) is 29.2 Å². The number of likely N-dealkylation sites (tertiary alicyclic amines) is 1. The molecular formula is C17H20ClN3OS. The molecule has 1 aliphatic heterocycles. The van der Waals surface area contributed by atoms with Gasteiger partial charge in [-0.3, -0.25) is 4.79 Å². The van der Waals surface area contributed by atoms with Crippen molar-refractivity contribution in [3.8, 4) is 11.3 Å². The second-order valence-electron chi connectivity index (χ2n) is 5.98. The maximum atomic E-state index is 12.3. The van der Waals surface area contributed by atoms with Crippen molar-refractivity contribution in [2.24, 2.45) is 5.92 Å². The van der Waals surface area contributed by atoms with Gasteiger partial charge in [-0.25, -0.2) is 4.98 Å². The Morgan fingerprint density at radius 1 is 1.43 bits per heavy atom. The maximum absolute atomic E-state index is 12.3. The first kappa shape index (κ1) is 16.4. The summed E-state index contributed by atoms with van der Waals surface area (Å²) < 4.78 is 0. The lowest BCUT2D eigenvalue weighted by Crippen LogP contribution is -2.40. The average Bonchev–Trinajstić information content (AvgIpc) is 3.02. The van der Waals surface area contributed by atoms with Crippen molar-refractivity contribution in [2.75, 3.05) is 18.8 Å². The minimum Gasteiger partial charge on any atom is -0.342 e. The highest BCUT2D eigenvalue weighted by Gasteiger charge is 2.21. The molecule has 23 heavy (non-hydrogen) atoms. The van der Waals surface area contributed by atoms with Crippen LogP contribution in [-0.2, 0) is 4.79 Å². The minimum atomic E-state index is 0.200. The number of thioether (sulfide) groups is 1. The Hall–Kier alpha value is -1.46. The normalized spacial score (nSPS) is 18.2. The zero-order chi connectivity index (χ0) is 16.2. The molecule has 0 spiro atoms. The van der Waals surface area contributed by atoms with E-state index in [9.17, 15) is 4.79 Å². The highest BCUT2D eigenvalue weighted by molar-refractivity contribution is 7.99. The summed E-state index contributed by atoms with van der Waals surface area (Å²) in [6.07, 6.45) is 4.12. The number of nitrogens with one attached hydrogen (secondary N) is 1. The Balaban J connectivity index is 1.56. The van der Waals surface area contributed by atoms with Crippen molar-refractivity contribution in [3.05, 3.63) is 35.5 Å². The first-order chi connectivity index (χ1) is 11.1. The Labute approximate surface area is 145 Å². The zero-order valence-electron chi connectivity index (χ0n) is 13.1. The average molecular weight is 350 g/mol. The summed E-state index contributed by atoms with van der Waals surface area (Å²) in [5.74, 6) is 1.24. The molecule has 1 aromatic carbocycles. The van der Waals surface area contributed by atoms with E-state index >= 15 is 0 Å². The smallest absolute Gasteiger partial charge is 0.233 e. The van der Waals surface area contributed by atoms with Crippen molar-refractivity contribution < 1.29 is 4.79 Å². The molecule has 1 atom stereocenters. The molecule has 1 N–H and O–H groups in total. The van der Waals surface area contributed by atoms with Crippen LogP contribution in [0.1, 0.15) is 19.8 Å². The summed E-state index contributed by atoms with van der Waals surface area (Å²) in [5.41, 5.74) is 1.97. The highest BCUT2D eigenvalue weighted by Crippen LogP contribution is 2.24. The fourth-order valence-corrected chi connectivity index (χ4v) is 3.67. The van der Waals surface area contributed by atoms with E-state index in [1.165, 1.54) is 18.2 Å². The SMILES string of the molecule is C[C@H]1CCCN(C(=O)CSc2ncc(-c3ccc(Cl)cc3)[nH]2)C1. The quantitative estimate of drug-likeness (QED) is 0.846. The van der Waals surface area contributed by atoms with E-state index in [-0.39, 0.29) is 5.91 Å². The molecule has 2 heterocycles. The molecule has 122 valence electrons. The molecule has 2 aromatic rings. The lowest BCUT2D eigenvalue weighted by atomic mass is 10.0. The van der Waals surface area contributed by atoms with Gasteiger partial charge in [0.25, 0.3) is 0 Å². The fourth-order valence-electron chi connectivity index (χ4n) is 2.79. The summed E-state index contributed by atoms with van der Waals surface area (Å²) in [6, 6.07) is 7.60. The molecule has 0 bridgehead atoms. The van der Waals surface area contributed by atoms with Gasteiger partial charge in [0.2, 0.25) is 5.91 Å². The molecule has 1 fully saturated rings. The highest BCUT2D eigenvalue weighted by atomic mass is 35.5. The van der Waals surface area contributed by atoms with Gasteiger partial charge in [0, 0.05) is 18.1 Å². The molecule has 4 nitrogen and oxygen atoms in total. The Morgan fingerprint density at radius 2 is 2.22 bits per heavy atom. The van der Waals surface area contributed by atoms with Gasteiger partial charge in [-0.2, -0.15) is 0 Å². The van der Waals surface area contributed by atoms with E-state index < -0.39 is 0 Å². The second-order valence-corrected chi connectivity index (χ2v) is 7.39. The van der Waals surface area contributed by atoms with Gasteiger partial charge in [-0.05, 0) is 36.5 Å². The number of hydrogen-bond donors (Lipinski definition) is 1. The lowest BCUT2D eigenvalue weighted by Gasteiger charge is -2.30. The van der Waals surface area contributed by atoms with Crippen LogP contribution in [0.3, 0.4) is 0 Å². The molecule has 1 saturated heterocycles. The van der Waals surface area contributed by atoms with Crippen molar-refractivity contribution in [1.29, 1.82) is 0 Å². The molecular weight excluding hydrogens is 330 g/mol. The predicted octanol–water partition coefficient (Wildman–Crippen LogP) is 4.08. The van der Waals surface area contributed by atoms with Crippen LogP contribution in [0.5, 0.6) is 0 Å². The molecule has 1 aromatic heterocycles. The van der Waals surface area contributed by atoms with Crippen LogP contribution >= 0.6 is 23.4 Å². The van der Waals surface area contributed by atoms with E-state index in [2.05, 4.69) is 16.9 Å². The summed E-state index contributed by atoms with van der Waals surface area (Å²) in [5, 5.41) is 1.48. The van der Waals surface area contributed by atoms with Crippen LogP contribution in [-0.4, -0.2) is 39.6 Å². The Kier molecular flexibility index (Phi) is 5.28. The minimum absolute atomic E-state index is 0.200. The van der Waals surface area contributed by atoms with E-state index in [1.54, 1.807) is 6.20 Å². The van der Waals surface area contributed by atoms with Crippen molar-refractivity contribution >= 4 is 29.3 Å². The van der Waals surface area contributed by atoms with Gasteiger partial charge < -0.3 is 9.88 Å². The Morgan fingerprint density at radius 3 is 2.96 bits per heavy atom. The number of H-pyrrole nitrogens is 1. The van der Waals surface area contributed by atoms with E-state index in [0.29, 0.717) is 16.7 Å². The van der Waals surface area contributed by atoms with Gasteiger partial charge in [0.15, 0.2) is 5.16 Å². The van der Waals surface area contributed by atoms with Gasteiger partial charge in [0.1, 0.15) is 0 Å². The number of amides is 1.